The van der Waals surface area contributed by atoms with E-state index in [9.17, 15) is 4.79 Å². The van der Waals surface area contributed by atoms with E-state index in [4.69, 9.17) is 19.3 Å². The third-order valence-corrected chi connectivity index (χ3v) is 7.24. The molecule has 2 aliphatic heterocycles. The SMILES string of the molecule is CCOc1cccc2c1OCCOCCN(C(=O)c1cn(CC)nc1C1CC1)C[C@@H]1CCCN1C2. The number of ether oxygens (including phenoxy) is 3. The zero-order chi connectivity index (χ0) is 24.2. The summed E-state index contributed by atoms with van der Waals surface area (Å²) in [5.41, 5.74) is 2.88. The lowest BCUT2D eigenvalue weighted by Gasteiger charge is -2.31. The number of hydrogen-bond donors (Lipinski definition) is 0. The summed E-state index contributed by atoms with van der Waals surface area (Å²) >= 11 is 0. The van der Waals surface area contributed by atoms with Gasteiger partial charge >= 0.3 is 0 Å². The van der Waals surface area contributed by atoms with Crippen LogP contribution < -0.4 is 9.47 Å². The minimum Gasteiger partial charge on any atom is -0.490 e. The second kappa shape index (κ2) is 11.0. The van der Waals surface area contributed by atoms with Crippen LogP contribution in [0.3, 0.4) is 0 Å². The number of benzene rings is 1. The molecule has 0 unspecified atom stereocenters. The maximum Gasteiger partial charge on any atom is 0.257 e. The van der Waals surface area contributed by atoms with Gasteiger partial charge in [-0.3, -0.25) is 14.4 Å². The molecule has 0 N–H and O–H groups in total. The molecule has 1 aromatic heterocycles. The molecule has 1 atom stereocenters. The molecule has 3 heterocycles. The Bertz CT molecular complexity index is 1020. The summed E-state index contributed by atoms with van der Waals surface area (Å²) in [6, 6.07) is 6.43. The van der Waals surface area contributed by atoms with Gasteiger partial charge in [-0.25, -0.2) is 0 Å². The van der Waals surface area contributed by atoms with Crippen molar-refractivity contribution in [3.05, 3.63) is 41.2 Å². The molecule has 1 saturated carbocycles. The summed E-state index contributed by atoms with van der Waals surface area (Å²) < 4.78 is 19.9. The van der Waals surface area contributed by atoms with E-state index in [1.54, 1.807) is 0 Å². The lowest BCUT2D eigenvalue weighted by molar-refractivity contribution is 0.0538. The summed E-state index contributed by atoms with van der Waals surface area (Å²) in [6.45, 7) is 9.90. The molecule has 3 aliphatic rings. The second-order valence-electron chi connectivity index (χ2n) is 9.71. The lowest BCUT2D eigenvalue weighted by atomic mass is 10.1. The molecule has 0 radical (unpaired) electrons. The van der Waals surface area contributed by atoms with E-state index in [2.05, 4.69) is 17.9 Å². The summed E-state index contributed by atoms with van der Waals surface area (Å²) in [7, 11) is 0. The molecule has 1 aromatic carbocycles. The number of para-hydroxylation sites is 1. The van der Waals surface area contributed by atoms with Gasteiger partial charge in [0, 0.05) is 49.9 Å². The molecule has 35 heavy (non-hydrogen) atoms. The average Bonchev–Trinajstić information content (AvgIpc) is 3.46. The van der Waals surface area contributed by atoms with Crippen molar-refractivity contribution >= 4 is 5.91 Å². The number of hydrogen-bond acceptors (Lipinski definition) is 6. The summed E-state index contributed by atoms with van der Waals surface area (Å²) in [5.74, 6) is 2.13. The Balaban J connectivity index is 1.39. The first-order valence-electron chi connectivity index (χ1n) is 13.2. The predicted molar refractivity (Wildman–Crippen MR) is 133 cm³/mol. The highest BCUT2D eigenvalue weighted by Gasteiger charge is 2.35. The van der Waals surface area contributed by atoms with Crippen LogP contribution in [0, 0.1) is 0 Å². The van der Waals surface area contributed by atoms with Crippen molar-refractivity contribution in [1.82, 2.24) is 19.6 Å². The van der Waals surface area contributed by atoms with Gasteiger partial charge in [0.05, 0.1) is 31.1 Å². The van der Waals surface area contributed by atoms with E-state index < -0.39 is 0 Å². The number of aryl methyl sites for hydroxylation is 1. The van der Waals surface area contributed by atoms with Crippen LogP contribution in [0.2, 0.25) is 0 Å². The number of nitrogens with zero attached hydrogens (tertiary/aromatic N) is 4. The molecule has 0 spiro atoms. The fourth-order valence-electron chi connectivity index (χ4n) is 5.25. The van der Waals surface area contributed by atoms with E-state index in [1.165, 1.54) is 0 Å². The van der Waals surface area contributed by atoms with Crippen molar-refractivity contribution in [3.8, 4) is 11.5 Å². The first-order chi connectivity index (χ1) is 17.2. The van der Waals surface area contributed by atoms with Crippen molar-refractivity contribution in [2.45, 2.75) is 64.6 Å². The maximum atomic E-state index is 13.8. The van der Waals surface area contributed by atoms with E-state index in [0.29, 0.717) is 51.5 Å². The van der Waals surface area contributed by atoms with Crippen molar-refractivity contribution in [2.75, 3.05) is 46.1 Å². The Morgan fingerprint density at radius 1 is 1.14 bits per heavy atom. The topological polar surface area (TPSA) is 69.1 Å². The monoisotopic (exact) mass is 482 g/mol. The molecule has 0 bridgehead atoms. The number of aromatic nitrogens is 2. The maximum absolute atomic E-state index is 13.8. The van der Waals surface area contributed by atoms with Crippen LogP contribution in [0.1, 0.15) is 67.1 Å². The molecular weight excluding hydrogens is 444 g/mol. The molecule has 1 amide bonds. The summed E-state index contributed by atoms with van der Waals surface area (Å²) in [5, 5.41) is 4.74. The number of carbonyl (C=O) groups is 1. The molecule has 2 aromatic rings. The minimum absolute atomic E-state index is 0.0900. The number of fused-ring (bicyclic) bond motifs is 2. The van der Waals surface area contributed by atoms with Crippen LogP contribution in [-0.2, 0) is 17.8 Å². The van der Waals surface area contributed by atoms with Crippen LogP contribution in [-0.4, -0.2) is 77.6 Å². The third-order valence-electron chi connectivity index (χ3n) is 7.24. The van der Waals surface area contributed by atoms with Crippen molar-refractivity contribution < 1.29 is 19.0 Å². The van der Waals surface area contributed by atoms with Gasteiger partial charge in [0.25, 0.3) is 5.91 Å². The molecule has 8 nitrogen and oxygen atoms in total. The van der Waals surface area contributed by atoms with Gasteiger partial charge in [0.2, 0.25) is 0 Å². The van der Waals surface area contributed by atoms with E-state index in [0.717, 1.165) is 73.6 Å². The molecule has 190 valence electrons. The van der Waals surface area contributed by atoms with Crippen molar-refractivity contribution in [3.63, 3.8) is 0 Å². The fourth-order valence-corrected chi connectivity index (χ4v) is 5.25. The van der Waals surface area contributed by atoms with Gasteiger partial charge in [-0.1, -0.05) is 12.1 Å². The lowest BCUT2D eigenvalue weighted by Crippen LogP contribution is -2.44. The quantitative estimate of drug-likeness (QED) is 0.647. The van der Waals surface area contributed by atoms with E-state index >= 15 is 0 Å². The largest absolute Gasteiger partial charge is 0.490 e. The van der Waals surface area contributed by atoms with Crippen LogP contribution in [0.15, 0.2) is 24.4 Å². The zero-order valence-corrected chi connectivity index (χ0v) is 21.1. The van der Waals surface area contributed by atoms with Crippen molar-refractivity contribution in [2.24, 2.45) is 0 Å². The minimum atomic E-state index is 0.0900. The highest BCUT2D eigenvalue weighted by molar-refractivity contribution is 5.95. The number of rotatable bonds is 5. The Labute approximate surface area is 208 Å². The number of amides is 1. The first kappa shape index (κ1) is 24.1. The summed E-state index contributed by atoms with van der Waals surface area (Å²) in [6.07, 6.45) is 6.42. The Morgan fingerprint density at radius 3 is 2.83 bits per heavy atom. The van der Waals surface area contributed by atoms with Gasteiger partial charge in [0.1, 0.15) is 6.61 Å². The molecular formula is C27H38N4O4. The highest BCUT2D eigenvalue weighted by Crippen LogP contribution is 2.41. The van der Waals surface area contributed by atoms with E-state index in [1.807, 2.05) is 34.8 Å². The van der Waals surface area contributed by atoms with Gasteiger partial charge in [0.15, 0.2) is 11.5 Å². The van der Waals surface area contributed by atoms with Gasteiger partial charge < -0.3 is 19.1 Å². The van der Waals surface area contributed by atoms with E-state index in [-0.39, 0.29) is 5.91 Å². The third kappa shape index (κ3) is 5.48. The molecule has 1 aliphatic carbocycles. The first-order valence-corrected chi connectivity index (χ1v) is 13.2. The Hall–Kier alpha value is -2.58. The van der Waals surface area contributed by atoms with Crippen LogP contribution in [0.5, 0.6) is 11.5 Å². The van der Waals surface area contributed by atoms with Crippen LogP contribution in [0.25, 0.3) is 0 Å². The van der Waals surface area contributed by atoms with Gasteiger partial charge in [-0.2, -0.15) is 5.10 Å². The molecule has 5 rings (SSSR count). The molecule has 2 fully saturated rings. The number of carbonyl (C=O) groups excluding carboxylic acids is 1. The van der Waals surface area contributed by atoms with Crippen LogP contribution >= 0.6 is 0 Å². The fraction of sp³-hybridized carbons (Fsp3) is 0.630. The standard InChI is InChI=1S/C27H38N4O4/c1-3-31-19-23(25(28-31)20-10-11-20)27(32)30-13-14-33-15-16-35-26-21(7-5-9-24(26)34-4-2)17-29-12-6-8-22(29)18-30/h5,7,9,19-20,22H,3-4,6,8,10-18H2,1-2H3/t22-/m0/s1. The van der Waals surface area contributed by atoms with Gasteiger partial charge in [-0.15, -0.1) is 0 Å². The van der Waals surface area contributed by atoms with Crippen LogP contribution in [0.4, 0.5) is 0 Å². The van der Waals surface area contributed by atoms with Gasteiger partial charge in [-0.05, 0) is 52.1 Å². The normalized spacial score (nSPS) is 21.8. The molecule has 1 saturated heterocycles. The highest BCUT2D eigenvalue weighted by atomic mass is 16.5. The van der Waals surface area contributed by atoms with Crippen molar-refractivity contribution in [1.29, 1.82) is 0 Å². The second-order valence-corrected chi connectivity index (χ2v) is 9.71. The average molecular weight is 483 g/mol. The predicted octanol–water partition coefficient (Wildman–Crippen LogP) is 3.69. The summed E-state index contributed by atoms with van der Waals surface area (Å²) in [4.78, 5) is 18.3. The Morgan fingerprint density at radius 2 is 2.03 bits per heavy atom. The molecule has 8 heteroatoms. The Kier molecular flexibility index (Phi) is 7.58. The smallest absolute Gasteiger partial charge is 0.257 e. The zero-order valence-electron chi connectivity index (χ0n) is 21.1.